The largest absolute Gasteiger partial charge is 0.691 e. The molecule has 0 bridgehead atoms. The van der Waals surface area contributed by atoms with E-state index < -0.39 is 23.3 Å². The Kier molecular flexibility index (Phi) is 6.00. The summed E-state index contributed by atoms with van der Waals surface area (Å²) in [6.45, 7) is 1.88. The molecule has 0 saturated carbocycles. The van der Waals surface area contributed by atoms with Gasteiger partial charge in [0.05, 0.1) is 6.61 Å². The summed E-state index contributed by atoms with van der Waals surface area (Å²) in [7, 11) is 0. The van der Waals surface area contributed by atoms with Gasteiger partial charge in [-0.3, -0.25) is 5.04 Å². The fraction of sp³-hybridized carbons (Fsp3) is 0.700. The minimum atomic E-state index is -3.96. The van der Waals surface area contributed by atoms with Crippen LogP contribution in [0.2, 0.25) is 0 Å². The Morgan fingerprint density at radius 1 is 1.50 bits per heavy atom. The van der Waals surface area contributed by atoms with E-state index in [1.54, 1.807) is 0 Å². The second kappa shape index (κ2) is 7.03. The van der Waals surface area contributed by atoms with Crippen molar-refractivity contribution in [3.8, 4) is 0 Å². The summed E-state index contributed by atoms with van der Waals surface area (Å²) in [5.41, 5.74) is 0. The predicted molar refractivity (Wildman–Crippen MR) is 56.7 cm³/mol. The van der Waals surface area contributed by atoms with Crippen molar-refractivity contribution < 1.29 is 32.9 Å². The summed E-state index contributed by atoms with van der Waals surface area (Å²) in [6, 6.07) is 0. The van der Waals surface area contributed by atoms with Crippen LogP contribution in [0.1, 0.15) is 19.8 Å². The molecule has 0 aliphatic heterocycles. The van der Waals surface area contributed by atoms with Crippen molar-refractivity contribution in [2.24, 2.45) is 11.8 Å². The van der Waals surface area contributed by atoms with E-state index >= 15 is 0 Å². The standard InChI is InChI=1S/C10H14F2O5S/c1-7-4-2-3-5-8(7)6-15-9(13)10(11,12)18-17-16-14/h2-3,7-8,14H,4-6H2,1H3/p-1. The van der Waals surface area contributed by atoms with Crippen LogP contribution in [0.15, 0.2) is 12.2 Å². The molecule has 1 rings (SSSR count). The Bertz CT molecular complexity index is 311. The lowest BCUT2D eigenvalue weighted by atomic mass is 9.85. The zero-order valence-electron chi connectivity index (χ0n) is 9.64. The Morgan fingerprint density at radius 2 is 2.17 bits per heavy atom. The van der Waals surface area contributed by atoms with E-state index in [1.165, 1.54) is 0 Å². The molecule has 5 nitrogen and oxygen atoms in total. The molecule has 1 aliphatic rings. The topological polar surface area (TPSA) is 67.8 Å². The molecule has 104 valence electrons. The van der Waals surface area contributed by atoms with Gasteiger partial charge in [0.2, 0.25) is 0 Å². The zero-order valence-corrected chi connectivity index (χ0v) is 10.5. The molecule has 0 aromatic heterocycles. The van der Waals surface area contributed by atoms with E-state index in [-0.39, 0.29) is 18.4 Å². The number of carbonyl (C=O) groups excluding carboxylic acids is 1. The predicted octanol–water partition coefficient (Wildman–Crippen LogP) is 1.60. The van der Waals surface area contributed by atoms with Crippen LogP contribution in [0.4, 0.5) is 8.78 Å². The third-order valence-electron chi connectivity index (χ3n) is 2.75. The lowest BCUT2D eigenvalue weighted by molar-refractivity contribution is -0.777. The Morgan fingerprint density at radius 3 is 2.78 bits per heavy atom. The van der Waals surface area contributed by atoms with Gasteiger partial charge in [-0.25, -0.2) is 4.79 Å². The third kappa shape index (κ3) is 4.52. The lowest BCUT2D eigenvalue weighted by Crippen LogP contribution is -2.31. The molecule has 0 amide bonds. The van der Waals surface area contributed by atoms with Crippen molar-refractivity contribution in [1.29, 1.82) is 0 Å². The van der Waals surface area contributed by atoms with Crippen molar-refractivity contribution in [3.05, 3.63) is 12.2 Å². The average Bonchev–Trinajstić information content (AvgIpc) is 2.35. The first-order valence-electron chi connectivity index (χ1n) is 5.31. The fourth-order valence-corrected chi connectivity index (χ4v) is 1.84. The molecule has 0 spiro atoms. The van der Waals surface area contributed by atoms with Gasteiger partial charge >= 0.3 is 11.2 Å². The number of halogens is 2. The van der Waals surface area contributed by atoms with E-state index in [0.29, 0.717) is 6.42 Å². The van der Waals surface area contributed by atoms with Crippen LogP contribution in [0.25, 0.3) is 0 Å². The fourth-order valence-electron chi connectivity index (χ4n) is 1.60. The SMILES string of the molecule is CC1CC=CCC1COC(=O)C(F)(F)SOO[O-]. The maximum absolute atomic E-state index is 13.0. The van der Waals surface area contributed by atoms with Crippen molar-refractivity contribution in [3.63, 3.8) is 0 Å². The molecule has 2 atom stereocenters. The first-order valence-corrected chi connectivity index (χ1v) is 6.06. The van der Waals surface area contributed by atoms with Crippen molar-refractivity contribution in [1.82, 2.24) is 0 Å². The highest BCUT2D eigenvalue weighted by Gasteiger charge is 2.44. The first-order chi connectivity index (χ1) is 8.47. The molecule has 2 unspecified atom stereocenters. The number of rotatable bonds is 6. The highest BCUT2D eigenvalue weighted by Crippen LogP contribution is 2.32. The molecule has 0 radical (unpaired) electrons. The molecule has 0 heterocycles. The van der Waals surface area contributed by atoms with E-state index in [2.05, 4.69) is 14.1 Å². The van der Waals surface area contributed by atoms with Gasteiger partial charge in [0.15, 0.2) is 0 Å². The summed E-state index contributed by atoms with van der Waals surface area (Å²) >= 11 is -0.682. The zero-order chi connectivity index (χ0) is 13.6. The molecule has 18 heavy (non-hydrogen) atoms. The van der Waals surface area contributed by atoms with E-state index in [4.69, 9.17) is 0 Å². The van der Waals surface area contributed by atoms with Gasteiger partial charge in [-0.05, 0) is 24.7 Å². The maximum atomic E-state index is 13.0. The molecule has 0 N–H and O–H groups in total. The molecular formula is C10H13F2O5S-. The number of esters is 1. The first kappa shape index (κ1) is 15.4. The number of alkyl halides is 2. The van der Waals surface area contributed by atoms with Crippen LogP contribution in [0.5, 0.6) is 0 Å². The molecule has 8 heteroatoms. The number of ether oxygens (including phenoxy) is 1. The lowest BCUT2D eigenvalue weighted by Gasteiger charge is -2.25. The van der Waals surface area contributed by atoms with Crippen LogP contribution in [0.3, 0.4) is 0 Å². The quantitative estimate of drug-likeness (QED) is 0.242. The monoisotopic (exact) mass is 283 g/mol. The van der Waals surface area contributed by atoms with Crippen LogP contribution in [-0.2, 0) is 18.9 Å². The Hall–Kier alpha value is -0.700. The van der Waals surface area contributed by atoms with Crippen LogP contribution >= 0.6 is 12.0 Å². The second-order valence-electron chi connectivity index (χ2n) is 4.01. The van der Waals surface area contributed by atoms with Gasteiger partial charge < -0.3 is 9.99 Å². The maximum Gasteiger partial charge on any atom is 0.415 e. The highest BCUT2D eigenvalue weighted by molar-refractivity contribution is 7.96. The van der Waals surface area contributed by atoms with Gasteiger partial charge in [0.1, 0.15) is 12.0 Å². The number of carbonyl (C=O) groups is 1. The van der Waals surface area contributed by atoms with Crippen LogP contribution < -0.4 is 5.26 Å². The average molecular weight is 283 g/mol. The van der Waals surface area contributed by atoms with Gasteiger partial charge in [0, 0.05) is 0 Å². The van der Waals surface area contributed by atoms with Crippen LogP contribution in [-0.4, -0.2) is 17.8 Å². The summed E-state index contributed by atoms with van der Waals surface area (Å²) in [6.07, 6.45) is 5.46. The van der Waals surface area contributed by atoms with Crippen molar-refractivity contribution in [2.75, 3.05) is 6.61 Å². The summed E-state index contributed by atoms with van der Waals surface area (Å²) in [4.78, 5) is 11.1. The number of allylic oxidation sites excluding steroid dienone is 2. The number of hydrogen-bond donors (Lipinski definition) is 0. The third-order valence-corrected chi connectivity index (χ3v) is 3.25. The van der Waals surface area contributed by atoms with Crippen molar-refractivity contribution in [2.45, 2.75) is 25.0 Å². The normalized spacial score (nSPS) is 24.0. The van der Waals surface area contributed by atoms with E-state index in [0.717, 1.165) is 6.42 Å². The van der Waals surface area contributed by atoms with E-state index in [1.807, 2.05) is 19.1 Å². The van der Waals surface area contributed by atoms with Gasteiger partial charge in [-0.2, -0.15) is 13.1 Å². The molecule has 0 saturated heterocycles. The second-order valence-corrected chi connectivity index (χ2v) is 4.83. The minimum Gasteiger partial charge on any atom is -0.691 e. The molecule has 0 fully saturated rings. The van der Waals surface area contributed by atoms with Crippen molar-refractivity contribution >= 4 is 18.0 Å². The van der Waals surface area contributed by atoms with Crippen LogP contribution in [0, 0.1) is 11.8 Å². The molecule has 1 aliphatic carbocycles. The smallest absolute Gasteiger partial charge is 0.415 e. The van der Waals surface area contributed by atoms with E-state index in [9.17, 15) is 18.8 Å². The summed E-state index contributed by atoms with van der Waals surface area (Å²) in [5, 5.41) is 8.21. The molecule has 0 aromatic rings. The molecular weight excluding hydrogens is 270 g/mol. The number of hydrogen-bond acceptors (Lipinski definition) is 6. The Labute approximate surface area is 107 Å². The summed E-state index contributed by atoms with van der Waals surface area (Å²) in [5.74, 6) is -1.45. The van der Waals surface area contributed by atoms with Gasteiger partial charge in [-0.1, -0.05) is 19.1 Å². The summed E-state index contributed by atoms with van der Waals surface area (Å²) < 4.78 is 33.9. The minimum absolute atomic E-state index is 0.0245. The highest BCUT2D eigenvalue weighted by atomic mass is 32.2. The molecule has 0 aromatic carbocycles. The van der Waals surface area contributed by atoms with Gasteiger partial charge in [0.25, 0.3) is 0 Å². The van der Waals surface area contributed by atoms with Gasteiger partial charge in [-0.15, -0.1) is 0 Å². The Balaban J connectivity index is 2.38.